The van der Waals surface area contributed by atoms with Gasteiger partial charge in [0.1, 0.15) is 17.1 Å². The minimum Gasteiger partial charge on any atom is -0.422 e. The van der Waals surface area contributed by atoms with Gasteiger partial charge in [0.2, 0.25) is 11.8 Å². The predicted octanol–water partition coefficient (Wildman–Crippen LogP) is 2.45. The Morgan fingerprint density at radius 2 is 2.00 bits per heavy atom. The van der Waals surface area contributed by atoms with Crippen molar-refractivity contribution >= 4 is 16.6 Å². The van der Waals surface area contributed by atoms with Crippen molar-refractivity contribution in [2.45, 2.75) is 12.3 Å². The molecule has 1 unspecified atom stereocenters. The van der Waals surface area contributed by atoms with Crippen LogP contribution in [-0.4, -0.2) is 15.6 Å². The van der Waals surface area contributed by atoms with Crippen molar-refractivity contribution in [1.29, 1.82) is 5.26 Å². The van der Waals surface area contributed by atoms with Crippen molar-refractivity contribution in [1.82, 2.24) is 9.78 Å². The highest BCUT2D eigenvalue weighted by molar-refractivity contribution is 6.24. The standard InChI is InChI=1S/C20H14N4O2/c1-10-16-19(24(2)23-10)26-18(22)14(9-21)20(16)13-8-4-6-11-5-3-7-12(15(11)13)17(20)25/h3-8H,22H2,1-2H3. The molecule has 0 bridgehead atoms. The van der Waals surface area contributed by atoms with E-state index >= 15 is 0 Å². The Bertz CT molecular complexity index is 1220. The summed E-state index contributed by atoms with van der Waals surface area (Å²) in [6, 6.07) is 13.5. The predicted molar refractivity (Wildman–Crippen MR) is 94.5 cm³/mol. The molecular weight excluding hydrogens is 328 g/mol. The highest BCUT2D eigenvalue weighted by Gasteiger charge is 2.58. The van der Waals surface area contributed by atoms with E-state index in [1.165, 1.54) is 0 Å². The summed E-state index contributed by atoms with van der Waals surface area (Å²) in [7, 11) is 1.73. The van der Waals surface area contributed by atoms with Crippen molar-refractivity contribution < 1.29 is 9.53 Å². The third-order valence-electron chi connectivity index (χ3n) is 5.38. The SMILES string of the molecule is Cc1nn(C)c2c1C1(C(=O)c3cccc4cccc1c34)C(C#N)=C(N)O2. The lowest BCUT2D eigenvalue weighted by atomic mass is 9.68. The first-order chi connectivity index (χ1) is 12.5. The maximum Gasteiger partial charge on any atom is 0.224 e. The van der Waals surface area contributed by atoms with Crippen LogP contribution >= 0.6 is 0 Å². The van der Waals surface area contributed by atoms with Gasteiger partial charge in [0.15, 0.2) is 5.78 Å². The Morgan fingerprint density at radius 3 is 2.73 bits per heavy atom. The highest BCUT2D eigenvalue weighted by Crippen LogP contribution is 2.55. The fourth-order valence-corrected chi connectivity index (χ4v) is 4.45. The van der Waals surface area contributed by atoms with E-state index in [1.807, 2.05) is 37.3 Å². The average molecular weight is 342 g/mol. The zero-order valence-corrected chi connectivity index (χ0v) is 14.2. The zero-order chi connectivity index (χ0) is 18.2. The molecule has 6 heteroatoms. The molecule has 2 N–H and O–H groups in total. The van der Waals surface area contributed by atoms with Crippen molar-refractivity contribution in [2.24, 2.45) is 12.8 Å². The van der Waals surface area contributed by atoms with E-state index in [4.69, 9.17) is 10.5 Å². The van der Waals surface area contributed by atoms with E-state index < -0.39 is 5.41 Å². The highest BCUT2D eigenvalue weighted by atomic mass is 16.5. The molecule has 0 radical (unpaired) electrons. The van der Waals surface area contributed by atoms with Gasteiger partial charge >= 0.3 is 0 Å². The molecule has 0 amide bonds. The van der Waals surface area contributed by atoms with E-state index in [9.17, 15) is 10.1 Å². The summed E-state index contributed by atoms with van der Waals surface area (Å²) in [5, 5.41) is 16.2. The Hall–Kier alpha value is -3.59. The smallest absolute Gasteiger partial charge is 0.224 e. The fourth-order valence-electron chi connectivity index (χ4n) is 4.45. The molecule has 1 aromatic heterocycles. The number of fused-ring (bicyclic) bond motifs is 3. The first kappa shape index (κ1) is 14.7. The number of aromatic nitrogens is 2. The van der Waals surface area contributed by atoms with Crippen molar-refractivity contribution in [3.05, 3.63) is 70.2 Å². The largest absolute Gasteiger partial charge is 0.422 e. The third kappa shape index (κ3) is 1.39. The van der Waals surface area contributed by atoms with Crippen LogP contribution < -0.4 is 10.5 Å². The second-order valence-electron chi connectivity index (χ2n) is 6.63. The number of hydrogen-bond donors (Lipinski definition) is 1. The zero-order valence-electron chi connectivity index (χ0n) is 14.2. The topological polar surface area (TPSA) is 93.9 Å². The van der Waals surface area contributed by atoms with Crippen LogP contribution in [-0.2, 0) is 12.5 Å². The van der Waals surface area contributed by atoms with Crippen molar-refractivity contribution in [3.63, 3.8) is 0 Å². The number of hydrogen-bond acceptors (Lipinski definition) is 5. The van der Waals surface area contributed by atoms with Gasteiger partial charge < -0.3 is 10.5 Å². The van der Waals surface area contributed by atoms with Gasteiger partial charge in [-0.3, -0.25) is 4.79 Å². The number of nitrogens with zero attached hydrogens (tertiary/aromatic N) is 3. The lowest BCUT2D eigenvalue weighted by molar-refractivity contribution is 0.0935. The van der Waals surface area contributed by atoms with Crippen LogP contribution in [0.15, 0.2) is 47.9 Å². The summed E-state index contributed by atoms with van der Waals surface area (Å²) in [5.41, 5.74) is 7.50. The lowest BCUT2D eigenvalue weighted by Crippen LogP contribution is -2.41. The van der Waals surface area contributed by atoms with E-state index in [2.05, 4.69) is 11.2 Å². The van der Waals surface area contributed by atoms with E-state index in [-0.39, 0.29) is 17.2 Å². The van der Waals surface area contributed by atoms with E-state index in [0.29, 0.717) is 22.7 Å². The molecule has 1 atom stereocenters. The van der Waals surface area contributed by atoms with Gasteiger partial charge in [0, 0.05) is 12.6 Å². The number of ketones is 1. The Morgan fingerprint density at radius 1 is 1.27 bits per heavy atom. The monoisotopic (exact) mass is 342 g/mol. The van der Waals surface area contributed by atoms with Gasteiger partial charge in [-0.2, -0.15) is 10.4 Å². The summed E-state index contributed by atoms with van der Waals surface area (Å²) in [4.78, 5) is 13.8. The minimum atomic E-state index is -1.31. The maximum absolute atomic E-state index is 13.8. The second kappa shape index (κ2) is 4.52. The molecule has 2 heterocycles. The van der Waals surface area contributed by atoms with Crippen LogP contribution in [0.2, 0.25) is 0 Å². The second-order valence-corrected chi connectivity index (χ2v) is 6.63. The van der Waals surface area contributed by atoms with E-state index in [1.54, 1.807) is 17.8 Å². The Balaban J connectivity index is 2.04. The molecule has 3 aromatic rings. The third-order valence-corrected chi connectivity index (χ3v) is 5.38. The number of Topliss-reactive ketones (excluding diaryl/α,β-unsaturated/α-hetero) is 1. The molecule has 2 aliphatic rings. The normalized spacial score (nSPS) is 20.4. The molecule has 26 heavy (non-hydrogen) atoms. The molecule has 1 aliphatic carbocycles. The molecule has 1 spiro atoms. The molecule has 0 saturated heterocycles. The molecule has 2 aromatic carbocycles. The average Bonchev–Trinajstić information content (AvgIpc) is 3.04. The molecular formula is C20H14N4O2. The van der Waals surface area contributed by atoms with Crippen LogP contribution in [0.25, 0.3) is 10.8 Å². The van der Waals surface area contributed by atoms with Crippen LogP contribution in [0.5, 0.6) is 5.88 Å². The molecule has 0 fully saturated rings. The van der Waals surface area contributed by atoms with Crippen LogP contribution in [0.4, 0.5) is 0 Å². The lowest BCUT2D eigenvalue weighted by Gasteiger charge is -2.33. The van der Waals surface area contributed by atoms with Gasteiger partial charge in [0.25, 0.3) is 0 Å². The summed E-state index contributed by atoms with van der Waals surface area (Å²) < 4.78 is 7.26. The molecule has 5 rings (SSSR count). The number of carbonyl (C=O) groups excluding carboxylic acids is 1. The van der Waals surface area contributed by atoms with Gasteiger partial charge in [-0.05, 0) is 23.3 Å². The Labute approximate surface area is 149 Å². The van der Waals surface area contributed by atoms with Gasteiger partial charge in [-0.1, -0.05) is 36.4 Å². The summed E-state index contributed by atoms with van der Waals surface area (Å²) >= 11 is 0. The summed E-state index contributed by atoms with van der Waals surface area (Å²) in [6.45, 7) is 1.82. The Kier molecular flexibility index (Phi) is 2.56. The first-order valence-corrected chi connectivity index (χ1v) is 8.21. The number of benzene rings is 2. The number of nitriles is 1. The first-order valence-electron chi connectivity index (χ1n) is 8.21. The number of rotatable bonds is 0. The molecule has 0 saturated carbocycles. The molecule has 1 aliphatic heterocycles. The number of nitrogens with two attached hydrogens (primary N) is 1. The maximum atomic E-state index is 13.8. The van der Waals surface area contributed by atoms with Crippen LogP contribution in [0.3, 0.4) is 0 Å². The fraction of sp³-hybridized carbons (Fsp3) is 0.150. The number of allylic oxidation sites excluding steroid dienone is 1. The van der Waals surface area contributed by atoms with Crippen LogP contribution in [0.1, 0.15) is 27.2 Å². The van der Waals surface area contributed by atoms with Crippen molar-refractivity contribution in [2.75, 3.05) is 0 Å². The number of carbonyl (C=O) groups is 1. The van der Waals surface area contributed by atoms with Crippen LogP contribution in [0, 0.1) is 18.3 Å². The molecule has 6 nitrogen and oxygen atoms in total. The van der Waals surface area contributed by atoms with E-state index in [0.717, 1.165) is 16.3 Å². The van der Waals surface area contributed by atoms with Gasteiger partial charge in [-0.15, -0.1) is 0 Å². The number of aryl methyl sites for hydroxylation is 2. The number of ether oxygens (including phenoxy) is 1. The van der Waals surface area contributed by atoms with Crippen molar-refractivity contribution in [3.8, 4) is 11.9 Å². The molecule has 126 valence electrons. The summed E-state index contributed by atoms with van der Waals surface area (Å²) in [6.07, 6.45) is 0. The van der Waals surface area contributed by atoms with Gasteiger partial charge in [0.05, 0.1) is 11.3 Å². The quantitative estimate of drug-likeness (QED) is 0.677. The summed E-state index contributed by atoms with van der Waals surface area (Å²) in [5.74, 6) is 0.183. The minimum absolute atomic E-state index is 0.0545. The van der Waals surface area contributed by atoms with Gasteiger partial charge in [-0.25, -0.2) is 4.68 Å².